The maximum Gasteiger partial charge on any atom is 0.225 e. The van der Waals surface area contributed by atoms with E-state index in [1.807, 2.05) is 12.3 Å². The highest BCUT2D eigenvalue weighted by Gasteiger charge is 2.21. The van der Waals surface area contributed by atoms with Crippen LogP contribution in [0.3, 0.4) is 0 Å². The van der Waals surface area contributed by atoms with Crippen molar-refractivity contribution in [2.24, 2.45) is 4.99 Å². The van der Waals surface area contributed by atoms with Gasteiger partial charge in [0.1, 0.15) is 5.01 Å². The van der Waals surface area contributed by atoms with E-state index in [1.54, 1.807) is 23.7 Å². The van der Waals surface area contributed by atoms with Crippen molar-refractivity contribution in [2.75, 3.05) is 37.6 Å². The van der Waals surface area contributed by atoms with Gasteiger partial charge in [0.2, 0.25) is 5.95 Å². The number of aromatic nitrogens is 3. The quantitative estimate of drug-likeness (QED) is 0.648. The van der Waals surface area contributed by atoms with Gasteiger partial charge in [-0.3, -0.25) is 0 Å². The second-order valence-electron chi connectivity index (χ2n) is 5.77. The highest BCUT2D eigenvalue weighted by molar-refractivity contribution is 7.11. The number of hydrogen-bond donors (Lipinski definition) is 1. The fourth-order valence-corrected chi connectivity index (χ4v) is 3.51. The van der Waals surface area contributed by atoms with Gasteiger partial charge in [-0.1, -0.05) is 6.92 Å². The van der Waals surface area contributed by atoms with Gasteiger partial charge in [0.25, 0.3) is 0 Å². The van der Waals surface area contributed by atoms with Crippen molar-refractivity contribution < 1.29 is 0 Å². The number of nitrogens with zero attached hydrogens (tertiary/aromatic N) is 6. The average molecular weight is 360 g/mol. The summed E-state index contributed by atoms with van der Waals surface area (Å²) < 4.78 is 0. The Morgan fingerprint density at radius 2 is 1.92 bits per heavy atom. The molecule has 0 aliphatic carbocycles. The van der Waals surface area contributed by atoms with Crippen molar-refractivity contribution >= 4 is 23.2 Å². The number of rotatable bonds is 5. The molecule has 0 saturated carbocycles. The van der Waals surface area contributed by atoms with Crippen molar-refractivity contribution in [1.82, 2.24) is 25.2 Å². The lowest BCUT2D eigenvalue weighted by Gasteiger charge is -2.36. The van der Waals surface area contributed by atoms with Crippen LogP contribution >= 0.6 is 11.3 Å². The molecule has 0 unspecified atom stereocenters. The summed E-state index contributed by atoms with van der Waals surface area (Å²) in [5.74, 6) is 1.77. The monoisotopic (exact) mass is 359 g/mol. The summed E-state index contributed by atoms with van der Waals surface area (Å²) in [5.41, 5.74) is 0. The molecule has 2 aromatic heterocycles. The third-order valence-corrected chi connectivity index (χ3v) is 5.19. The van der Waals surface area contributed by atoms with Crippen molar-refractivity contribution in [3.63, 3.8) is 0 Å². The van der Waals surface area contributed by atoms with E-state index in [2.05, 4.69) is 43.9 Å². The molecule has 0 radical (unpaired) electrons. The van der Waals surface area contributed by atoms with Gasteiger partial charge in [-0.05, 0) is 19.4 Å². The number of aryl methyl sites for hydroxylation is 1. The fourth-order valence-electron chi connectivity index (χ4n) is 2.73. The van der Waals surface area contributed by atoms with Crippen molar-refractivity contribution in [1.29, 1.82) is 0 Å². The molecular weight excluding hydrogens is 334 g/mol. The average Bonchev–Trinajstić information content (AvgIpc) is 3.14. The first-order valence-corrected chi connectivity index (χ1v) is 9.60. The Labute approximate surface area is 152 Å². The van der Waals surface area contributed by atoms with E-state index in [4.69, 9.17) is 4.99 Å². The molecule has 25 heavy (non-hydrogen) atoms. The van der Waals surface area contributed by atoms with Gasteiger partial charge in [-0.2, -0.15) is 0 Å². The Bertz CT molecular complexity index is 677. The van der Waals surface area contributed by atoms with Crippen LogP contribution in [0.2, 0.25) is 0 Å². The normalized spacial score (nSPS) is 15.5. The van der Waals surface area contributed by atoms with Crippen LogP contribution in [0.1, 0.15) is 23.7 Å². The zero-order chi connectivity index (χ0) is 17.5. The molecule has 1 N–H and O–H groups in total. The van der Waals surface area contributed by atoms with Crippen LogP contribution in [0, 0.1) is 0 Å². The van der Waals surface area contributed by atoms with E-state index in [1.165, 1.54) is 4.88 Å². The third kappa shape index (κ3) is 4.66. The number of aliphatic imine (C=N–C) groups is 1. The zero-order valence-electron chi connectivity index (χ0n) is 14.9. The lowest BCUT2D eigenvalue weighted by Crippen LogP contribution is -2.52. The highest BCUT2D eigenvalue weighted by Crippen LogP contribution is 2.15. The van der Waals surface area contributed by atoms with E-state index in [9.17, 15) is 0 Å². The Morgan fingerprint density at radius 3 is 2.56 bits per heavy atom. The lowest BCUT2D eigenvalue weighted by atomic mass is 10.3. The molecule has 0 bridgehead atoms. The molecule has 0 atom stereocenters. The zero-order valence-corrected chi connectivity index (χ0v) is 15.7. The van der Waals surface area contributed by atoms with Crippen LogP contribution in [-0.4, -0.2) is 58.5 Å². The van der Waals surface area contributed by atoms with Gasteiger partial charge in [0.05, 0.1) is 6.54 Å². The number of anilines is 1. The summed E-state index contributed by atoms with van der Waals surface area (Å²) in [6, 6.07) is 1.85. The molecular formula is C17H25N7S. The van der Waals surface area contributed by atoms with Crippen LogP contribution in [0.5, 0.6) is 0 Å². The van der Waals surface area contributed by atoms with Gasteiger partial charge < -0.3 is 15.1 Å². The third-order valence-electron chi connectivity index (χ3n) is 4.06. The summed E-state index contributed by atoms with van der Waals surface area (Å²) >= 11 is 1.75. The number of nitrogens with one attached hydrogen (secondary N) is 1. The minimum absolute atomic E-state index is 0.634. The Balaban J connectivity index is 1.60. The lowest BCUT2D eigenvalue weighted by molar-refractivity contribution is 0.370. The highest BCUT2D eigenvalue weighted by atomic mass is 32.1. The first-order valence-electron chi connectivity index (χ1n) is 8.79. The first kappa shape index (κ1) is 17.6. The van der Waals surface area contributed by atoms with E-state index >= 15 is 0 Å². The second kappa shape index (κ2) is 8.75. The molecule has 0 amide bonds. The van der Waals surface area contributed by atoms with Crippen LogP contribution in [0.15, 0.2) is 29.6 Å². The summed E-state index contributed by atoms with van der Waals surface area (Å²) in [4.78, 5) is 23.7. The van der Waals surface area contributed by atoms with E-state index in [0.717, 1.165) is 56.1 Å². The van der Waals surface area contributed by atoms with Crippen molar-refractivity contribution in [2.45, 2.75) is 26.8 Å². The molecule has 7 nitrogen and oxygen atoms in total. The molecule has 1 aliphatic heterocycles. The Kier molecular flexibility index (Phi) is 6.16. The molecule has 0 aromatic carbocycles. The smallest absolute Gasteiger partial charge is 0.225 e. The maximum atomic E-state index is 4.78. The second-order valence-corrected chi connectivity index (χ2v) is 6.97. The van der Waals surface area contributed by atoms with Crippen LogP contribution in [0.25, 0.3) is 0 Å². The molecule has 0 spiro atoms. The van der Waals surface area contributed by atoms with Gasteiger partial charge in [0, 0.05) is 56.2 Å². The molecule has 8 heteroatoms. The summed E-state index contributed by atoms with van der Waals surface area (Å²) in [6.07, 6.45) is 6.57. The Morgan fingerprint density at radius 1 is 1.16 bits per heavy atom. The summed E-state index contributed by atoms with van der Waals surface area (Å²) in [7, 11) is 0. The summed E-state index contributed by atoms with van der Waals surface area (Å²) in [5, 5.41) is 4.47. The molecule has 1 fully saturated rings. The minimum Gasteiger partial charge on any atom is -0.357 e. The van der Waals surface area contributed by atoms with Gasteiger partial charge in [-0.25, -0.2) is 19.9 Å². The molecule has 134 valence electrons. The first-order chi connectivity index (χ1) is 12.3. The largest absolute Gasteiger partial charge is 0.357 e. The Hall–Kier alpha value is -2.22. The van der Waals surface area contributed by atoms with E-state index in [-0.39, 0.29) is 0 Å². The van der Waals surface area contributed by atoms with Gasteiger partial charge in [-0.15, -0.1) is 11.3 Å². The predicted octanol–water partition coefficient (Wildman–Crippen LogP) is 1.78. The number of thiazole rings is 1. The van der Waals surface area contributed by atoms with E-state index < -0.39 is 0 Å². The van der Waals surface area contributed by atoms with Crippen LogP contribution < -0.4 is 10.2 Å². The number of hydrogen-bond acceptors (Lipinski definition) is 6. The van der Waals surface area contributed by atoms with Crippen molar-refractivity contribution in [3.8, 4) is 0 Å². The number of piperazine rings is 1. The van der Waals surface area contributed by atoms with Crippen LogP contribution in [0.4, 0.5) is 5.95 Å². The van der Waals surface area contributed by atoms with Crippen molar-refractivity contribution in [3.05, 3.63) is 34.5 Å². The molecule has 3 rings (SSSR count). The van der Waals surface area contributed by atoms with Gasteiger partial charge >= 0.3 is 0 Å². The number of guanidine groups is 1. The maximum absolute atomic E-state index is 4.78. The van der Waals surface area contributed by atoms with Gasteiger partial charge in [0.15, 0.2) is 5.96 Å². The molecule has 3 heterocycles. The fraction of sp³-hybridized carbons (Fsp3) is 0.529. The molecule has 1 saturated heterocycles. The van der Waals surface area contributed by atoms with Crippen LogP contribution in [-0.2, 0) is 13.0 Å². The minimum atomic E-state index is 0.634. The summed E-state index contributed by atoms with van der Waals surface area (Å²) in [6.45, 7) is 9.35. The predicted molar refractivity (Wildman–Crippen MR) is 102 cm³/mol. The standard InChI is InChI=1S/C17H25N7S/c1-3-14-12-21-15(25-14)13-22-16(18-4-2)23-8-10-24(11-9-23)17-19-6-5-7-20-17/h5-7,12H,3-4,8-11,13H2,1-2H3,(H,18,22). The van der Waals surface area contributed by atoms with E-state index in [0.29, 0.717) is 6.54 Å². The topological polar surface area (TPSA) is 69.5 Å². The molecule has 2 aromatic rings. The molecule has 1 aliphatic rings. The SMILES string of the molecule is CCNC(=NCc1ncc(CC)s1)N1CCN(c2ncccn2)CC1.